The van der Waals surface area contributed by atoms with Gasteiger partial charge in [0.15, 0.2) is 0 Å². The highest BCUT2D eigenvalue weighted by Gasteiger charge is 2.18. The Hall–Kier alpha value is -1.01. The summed E-state index contributed by atoms with van der Waals surface area (Å²) in [5.74, 6) is -0.870. The molecular weight excluding hydrogens is 340 g/mol. The third-order valence-electron chi connectivity index (χ3n) is 3.74. The number of carbonyl (C=O) groups is 2. The van der Waals surface area contributed by atoms with Crippen molar-refractivity contribution < 1.29 is 9.59 Å². The first-order valence-corrected chi connectivity index (χ1v) is 10.9. The second-order valence-corrected chi connectivity index (χ2v) is 7.39. The SMILES string of the molecule is CCCCCCCCC(=O)C(=O)Nc1c(SC)cc(C)nc1SC. The number of carbonyl (C=O) groups excluding carboxylic acids is 2. The third-order valence-corrected chi connectivity index (χ3v) is 5.18. The van der Waals surface area contributed by atoms with Crippen LogP contribution in [0.1, 0.15) is 57.6 Å². The van der Waals surface area contributed by atoms with Gasteiger partial charge in [0.2, 0.25) is 5.78 Å². The van der Waals surface area contributed by atoms with Gasteiger partial charge in [-0.05, 0) is 31.9 Å². The smallest absolute Gasteiger partial charge is 0.291 e. The summed E-state index contributed by atoms with van der Waals surface area (Å²) in [6.45, 7) is 4.11. The van der Waals surface area contributed by atoms with Crippen molar-refractivity contribution in [2.45, 2.75) is 68.7 Å². The van der Waals surface area contributed by atoms with Crippen LogP contribution in [0.25, 0.3) is 0 Å². The number of Topliss-reactive ketones (excluding diaryl/α,β-unsaturated/α-hetero) is 1. The van der Waals surface area contributed by atoms with E-state index in [0.29, 0.717) is 12.1 Å². The summed E-state index contributed by atoms with van der Waals surface area (Å²) in [6, 6.07) is 1.93. The molecule has 24 heavy (non-hydrogen) atoms. The average Bonchev–Trinajstić information content (AvgIpc) is 2.58. The minimum Gasteiger partial charge on any atom is -0.316 e. The highest BCUT2D eigenvalue weighted by Crippen LogP contribution is 2.33. The summed E-state index contributed by atoms with van der Waals surface area (Å²) in [5.41, 5.74) is 1.56. The molecule has 0 fully saturated rings. The summed E-state index contributed by atoms with van der Waals surface area (Å²) in [5, 5.41) is 3.53. The van der Waals surface area contributed by atoms with Crippen molar-refractivity contribution in [1.82, 2.24) is 4.98 Å². The lowest BCUT2D eigenvalue weighted by Gasteiger charge is -2.13. The van der Waals surface area contributed by atoms with Gasteiger partial charge in [-0.1, -0.05) is 39.0 Å². The van der Waals surface area contributed by atoms with Crippen LogP contribution in [0, 0.1) is 6.92 Å². The van der Waals surface area contributed by atoms with E-state index in [2.05, 4.69) is 17.2 Å². The molecule has 0 aliphatic carbocycles. The minimum atomic E-state index is -0.528. The number of nitrogens with zero attached hydrogens (tertiary/aromatic N) is 1. The Labute approximate surface area is 154 Å². The maximum absolute atomic E-state index is 12.2. The van der Waals surface area contributed by atoms with E-state index < -0.39 is 5.91 Å². The van der Waals surface area contributed by atoms with Gasteiger partial charge in [0.05, 0.1) is 5.69 Å². The Morgan fingerprint density at radius 3 is 2.38 bits per heavy atom. The van der Waals surface area contributed by atoms with E-state index in [1.165, 1.54) is 31.0 Å². The first kappa shape index (κ1) is 21.0. The first-order valence-electron chi connectivity index (χ1n) is 8.47. The average molecular weight is 369 g/mol. The van der Waals surface area contributed by atoms with Crippen molar-refractivity contribution in [2.75, 3.05) is 17.8 Å². The number of aromatic nitrogens is 1. The van der Waals surface area contributed by atoms with Crippen LogP contribution in [0.3, 0.4) is 0 Å². The standard InChI is InChI=1S/C18H28N2O2S2/c1-5-6-7-8-9-10-11-14(21)17(22)20-16-15(23-3)12-13(2)19-18(16)24-4/h12H,5-11H2,1-4H3,(H,20,22). The summed E-state index contributed by atoms with van der Waals surface area (Å²) in [6.07, 6.45) is 10.8. The van der Waals surface area contributed by atoms with Crippen LogP contribution in [0.15, 0.2) is 16.0 Å². The molecule has 1 heterocycles. The number of anilines is 1. The maximum Gasteiger partial charge on any atom is 0.291 e. The molecule has 6 heteroatoms. The van der Waals surface area contributed by atoms with Gasteiger partial charge in [0.1, 0.15) is 5.03 Å². The zero-order valence-electron chi connectivity index (χ0n) is 15.1. The summed E-state index contributed by atoms with van der Waals surface area (Å²) in [4.78, 5) is 29.6. The fraction of sp³-hybridized carbons (Fsp3) is 0.611. The van der Waals surface area contributed by atoms with Gasteiger partial charge >= 0.3 is 0 Å². The van der Waals surface area contributed by atoms with E-state index >= 15 is 0 Å². The number of unbranched alkanes of at least 4 members (excludes halogenated alkanes) is 5. The maximum atomic E-state index is 12.2. The number of hydrogen-bond donors (Lipinski definition) is 1. The predicted molar refractivity (Wildman–Crippen MR) is 104 cm³/mol. The Balaban J connectivity index is 2.59. The Kier molecular flexibility index (Phi) is 10.1. The lowest BCUT2D eigenvalue weighted by Crippen LogP contribution is -2.23. The summed E-state index contributed by atoms with van der Waals surface area (Å²) < 4.78 is 0. The van der Waals surface area contributed by atoms with E-state index in [9.17, 15) is 9.59 Å². The highest BCUT2D eigenvalue weighted by molar-refractivity contribution is 7.99. The minimum absolute atomic E-state index is 0.320. The lowest BCUT2D eigenvalue weighted by atomic mass is 10.1. The summed E-state index contributed by atoms with van der Waals surface area (Å²) in [7, 11) is 0. The van der Waals surface area contributed by atoms with Gasteiger partial charge in [0, 0.05) is 17.0 Å². The number of nitrogens with one attached hydrogen (secondary N) is 1. The normalized spacial score (nSPS) is 10.7. The second-order valence-electron chi connectivity index (χ2n) is 5.75. The van der Waals surface area contributed by atoms with Crippen LogP contribution in [0.4, 0.5) is 5.69 Å². The number of amides is 1. The number of aryl methyl sites for hydroxylation is 1. The van der Waals surface area contributed by atoms with Gasteiger partial charge in [-0.3, -0.25) is 9.59 Å². The molecule has 0 saturated carbocycles. The fourth-order valence-corrected chi connectivity index (χ4v) is 3.71. The van der Waals surface area contributed by atoms with Crippen molar-refractivity contribution in [3.8, 4) is 0 Å². The predicted octanol–water partition coefficient (Wildman–Crippen LogP) is 5.09. The highest BCUT2D eigenvalue weighted by atomic mass is 32.2. The molecule has 1 aromatic rings. The van der Waals surface area contributed by atoms with Crippen LogP contribution in [-0.4, -0.2) is 29.2 Å². The number of ketones is 1. The molecule has 0 spiro atoms. The number of rotatable bonds is 11. The van der Waals surface area contributed by atoms with Gasteiger partial charge in [-0.15, -0.1) is 23.5 Å². The number of thioether (sulfide) groups is 2. The molecule has 0 bridgehead atoms. The molecule has 1 N–H and O–H groups in total. The molecule has 0 saturated heterocycles. The second kappa shape index (κ2) is 11.5. The molecule has 0 unspecified atom stereocenters. The van der Waals surface area contributed by atoms with Crippen molar-refractivity contribution in [3.05, 3.63) is 11.8 Å². The number of pyridine rings is 1. The third kappa shape index (κ3) is 6.85. The van der Waals surface area contributed by atoms with E-state index in [4.69, 9.17) is 0 Å². The van der Waals surface area contributed by atoms with Gasteiger partial charge in [-0.2, -0.15) is 0 Å². The fourth-order valence-electron chi connectivity index (χ4n) is 2.40. The van der Waals surface area contributed by atoms with Crippen molar-refractivity contribution >= 4 is 40.9 Å². The molecule has 0 aliphatic rings. The van der Waals surface area contributed by atoms with Crippen LogP contribution < -0.4 is 5.32 Å². The van der Waals surface area contributed by atoms with E-state index in [-0.39, 0.29) is 5.78 Å². The lowest BCUT2D eigenvalue weighted by molar-refractivity contribution is -0.134. The molecule has 0 atom stereocenters. The molecular formula is C18H28N2O2S2. The Bertz CT molecular complexity index is 537. The first-order chi connectivity index (χ1) is 11.5. The molecule has 0 aliphatic heterocycles. The molecule has 0 aromatic carbocycles. The van der Waals surface area contributed by atoms with Crippen molar-refractivity contribution in [1.29, 1.82) is 0 Å². The number of hydrogen-bond acceptors (Lipinski definition) is 5. The molecule has 0 radical (unpaired) electrons. The summed E-state index contributed by atoms with van der Waals surface area (Å²) >= 11 is 3.01. The van der Waals surface area contributed by atoms with Crippen LogP contribution in [0.5, 0.6) is 0 Å². The van der Waals surface area contributed by atoms with E-state index in [1.54, 1.807) is 11.8 Å². The van der Waals surface area contributed by atoms with Crippen molar-refractivity contribution in [2.24, 2.45) is 0 Å². The van der Waals surface area contributed by atoms with Crippen LogP contribution in [-0.2, 0) is 9.59 Å². The van der Waals surface area contributed by atoms with Gasteiger partial charge in [-0.25, -0.2) is 4.98 Å². The molecule has 4 nitrogen and oxygen atoms in total. The monoisotopic (exact) mass is 368 g/mol. The van der Waals surface area contributed by atoms with Crippen LogP contribution in [0.2, 0.25) is 0 Å². The molecule has 134 valence electrons. The van der Waals surface area contributed by atoms with Gasteiger partial charge < -0.3 is 5.32 Å². The van der Waals surface area contributed by atoms with Crippen LogP contribution >= 0.6 is 23.5 Å². The Morgan fingerprint density at radius 1 is 1.08 bits per heavy atom. The molecule has 1 amide bonds. The van der Waals surface area contributed by atoms with E-state index in [0.717, 1.165) is 34.9 Å². The topological polar surface area (TPSA) is 59.1 Å². The zero-order chi connectivity index (χ0) is 17.9. The Morgan fingerprint density at radius 2 is 1.75 bits per heavy atom. The molecule has 1 rings (SSSR count). The molecule has 1 aromatic heterocycles. The largest absolute Gasteiger partial charge is 0.316 e. The van der Waals surface area contributed by atoms with Crippen molar-refractivity contribution in [3.63, 3.8) is 0 Å². The zero-order valence-corrected chi connectivity index (χ0v) is 16.7. The van der Waals surface area contributed by atoms with Gasteiger partial charge in [0.25, 0.3) is 5.91 Å². The van der Waals surface area contributed by atoms with E-state index in [1.807, 2.05) is 25.5 Å². The quantitative estimate of drug-likeness (QED) is 0.335.